The number of aromatic nitrogens is 4. The number of benzene rings is 3. The molecule has 2 aromatic heterocycles. The number of ether oxygens (including phenoxy) is 1. The van der Waals surface area contributed by atoms with Gasteiger partial charge in [-0.2, -0.15) is 0 Å². The van der Waals surface area contributed by atoms with Crippen LogP contribution in [0.25, 0.3) is 11.2 Å². The Morgan fingerprint density at radius 3 is 2.12 bits per heavy atom. The summed E-state index contributed by atoms with van der Waals surface area (Å²) in [5.41, 5.74) is 1.83. The van der Waals surface area contributed by atoms with Crippen molar-refractivity contribution < 1.29 is 27.9 Å². The smallest absolute Gasteiger partial charge is 0.349 e. The third-order valence-corrected chi connectivity index (χ3v) is 8.78. The molecule has 12 nitrogen and oxygen atoms in total. The van der Waals surface area contributed by atoms with Crippen LogP contribution < -0.4 is 9.99 Å². The van der Waals surface area contributed by atoms with E-state index in [4.69, 9.17) is 13.8 Å². The fraction of sp³-hybridized carbons (Fsp3) is 0.167. The number of hydrogen-bond donors (Lipinski definition) is 1. The second kappa shape index (κ2) is 11.2. The molecule has 2 aliphatic heterocycles. The van der Waals surface area contributed by atoms with E-state index in [0.29, 0.717) is 28.9 Å². The fourth-order valence-electron chi connectivity index (χ4n) is 5.16. The van der Waals surface area contributed by atoms with Gasteiger partial charge < -0.3 is 4.74 Å². The van der Waals surface area contributed by atoms with Crippen LogP contribution in [0.4, 0.5) is 11.5 Å². The Bertz CT molecular complexity index is 1790. The number of carbonyl (C=O) groups is 2. The summed E-state index contributed by atoms with van der Waals surface area (Å²) in [4.78, 5) is 41.8. The first-order valence-corrected chi connectivity index (χ1v) is 15.1. The molecule has 0 radical (unpaired) electrons. The molecule has 4 atom stereocenters. The third kappa shape index (κ3) is 5.21. The summed E-state index contributed by atoms with van der Waals surface area (Å²) in [7, 11) is -3.62. The predicted octanol–water partition coefficient (Wildman–Crippen LogP) is 5.24. The summed E-state index contributed by atoms with van der Waals surface area (Å²) in [6, 6.07) is 26.0. The van der Waals surface area contributed by atoms with Gasteiger partial charge >= 0.3 is 7.75 Å². The highest BCUT2D eigenvalue weighted by Gasteiger charge is 2.47. The highest BCUT2D eigenvalue weighted by atomic mass is 31.2. The van der Waals surface area contributed by atoms with Gasteiger partial charge in [0.05, 0.1) is 12.9 Å². The Kier molecular flexibility index (Phi) is 7.04. The lowest BCUT2D eigenvalue weighted by atomic mass is 10.1. The van der Waals surface area contributed by atoms with E-state index >= 15 is 0 Å². The van der Waals surface area contributed by atoms with Gasteiger partial charge in [0.25, 0.3) is 11.8 Å². The number of imide groups is 1. The molecule has 0 spiro atoms. The molecule has 0 aliphatic carbocycles. The first kappa shape index (κ1) is 27.1. The normalized spacial score (nSPS) is 23.0. The largest absolute Gasteiger partial charge is 0.433 e. The molecular formula is C30H25N6O6P. The lowest BCUT2D eigenvalue weighted by Gasteiger charge is -2.31. The SMILES string of the molecule is O=C(c1ccccc1)N(C(=O)c1ccccc1)c1ncnc2c1ncn2[C@H]1C[C@H]2O[P@@](=O)(Nc3ccccc3)OC[C@@H]2O1. The maximum atomic E-state index is 13.8. The molecule has 0 bridgehead atoms. The average Bonchev–Trinajstić information content (AvgIpc) is 3.66. The first-order valence-electron chi connectivity index (χ1n) is 13.6. The number of rotatable bonds is 6. The van der Waals surface area contributed by atoms with Gasteiger partial charge in [-0.3, -0.25) is 28.3 Å². The topological polar surface area (TPSA) is 138 Å². The molecule has 2 amide bonds. The molecule has 43 heavy (non-hydrogen) atoms. The number of amides is 2. The van der Waals surface area contributed by atoms with Crippen LogP contribution in [0.2, 0.25) is 0 Å². The van der Waals surface area contributed by atoms with E-state index < -0.39 is 38.0 Å². The highest BCUT2D eigenvalue weighted by Crippen LogP contribution is 2.55. The molecule has 4 heterocycles. The molecule has 2 aliphatic rings. The number of fused-ring (bicyclic) bond motifs is 2. The van der Waals surface area contributed by atoms with E-state index in [1.807, 2.05) is 18.2 Å². The summed E-state index contributed by atoms with van der Waals surface area (Å²) >= 11 is 0. The zero-order valence-electron chi connectivity index (χ0n) is 22.6. The van der Waals surface area contributed by atoms with E-state index in [1.165, 1.54) is 12.7 Å². The van der Waals surface area contributed by atoms with E-state index in [0.717, 1.165) is 4.90 Å². The third-order valence-electron chi connectivity index (χ3n) is 7.21. The van der Waals surface area contributed by atoms with Gasteiger partial charge in [-0.1, -0.05) is 54.6 Å². The van der Waals surface area contributed by atoms with E-state index in [9.17, 15) is 14.2 Å². The second-order valence-corrected chi connectivity index (χ2v) is 11.7. The molecule has 216 valence electrons. The van der Waals surface area contributed by atoms with Crippen LogP contribution in [0.15, 0.2) is 104 Å². The number of carbonyl (C=O) groups excluding carboxylic acids is 2. The Morgan fingerprint density at radius 1 is 0.837 bits per heavy atom. The van der Waals surface area contributed by atoms with Crippen LogP contribution in [-0.4, -0.2) is 50.1 Å². The van der Waals surface area contributed by atoms with Crippen LogP contribution in [0.3, 0.4) is 0 Å². The van der Waals surface area contributed by atoms with Crippen molar-refractivity contribution in [2.24, 2.45) is 0 Å². The van der Waals surface area contributed by atoms with Crippen molar-refractivity contribution in [3.05, 3.63) is 115 Å². The molecule has 0 saturated carbocycles. The monoisotopic (exact) mass is 596 g/mol. The molecule has 2 saturated heterocycles. The number of para-hydroxylation sites is 1. The van der Waals surface area contributed by atoms with Gasteiger partial charge in [-0.25, -0.2) is 24.4 Å². The maximum Gasteiger partial charge on any atom is 0.433 e. The average molecular weight is 597 g/mol. The molecule has 5 aromatic rings. The van der Waals surface area contributed by atoms with E-state index in [1.54, 1.807) is 77.4 Å². The molecule has 7 rings (SSSR count). The van der Waals surface area contributed by atoms with Crippen molar-refractivity contribution in [2.75, 3.05) is 16.6 Å². The Hall–Kier alpha value is -4.74. The zero-order valence-corrected chi connectivity index (χ0v) is 23.5. The standard InChI is InChI=1S/C30H25N6O6P/c37-29(20-10-4-1-5-11-20)36(30(38)21-12-6-2-7-13-21)28-26-27(31-18-32-28)35(19-33-26)25-16-23-24(41-25)17-40-43(39,42-23)34-22-14-8-3-9-15-22/h1-15,18-19,23-25H,16-17H2,(H,34,39)/t23-,24+,25-,43-/m1/s1. The molecule has 0 unspecified atom stereocenters. The van der Waals surface area contributed by atoms with Crippen LogP contribution in [-0.2, 0) is 18.3 Å². The lowest BCUT2D eigenvalue weighted by Crippen LogP contribution is -2.38. The number of nitrogens with zero attached hydrogens (tertiary/aromatic N) is 5. The number of anilines is 2. The number of nitrogens with one attached hydrogen (secondary N) is 1. The lowest BCUT2D eigenvalue weighted by molar-refractivity contribution is -0.0558. The van der Waals surface area contributed by atoms with Gasteiger partial charge in [0.2, 0.25) is 0 Å². The van der Waals surface area contributed by atoms with Crippen LogP contribution >= 0.6 is 7.75 Å². The Morgan fingerprint density at radius 2 is 1.47 bits per heavy atom. The number of imidazole rings is 1. The summed E-state index contributed by atoms with van der Waals surface area (Å²) in [5.74, 6) is -1.07. The summed E-state index contributed by atoms with van der Waals surface area (Å²) < 4.78 is 32.7. The minimum Gasteiger partial charge on any atom is -0.349 e. The Labute approximate surface area is 245 Å². The molecule has 3 aromatic carbocycles. The first-order chi connectivity index (χ1) is 21.0. The summed E-state index contributed by atoms with van der Waals surface area (Å²) in [5, 5.41) is 2.86. The summed E-state index contributed by atoms with van der Waals surface area (Å²) in [6.45, 7) is 0.0656. The fourth-order valence-corrected chi connectivity index (χ4v) is 6.72. The van der Waals surface area contributed by atoms with Gasteiger partial charge in [-0.05, 0) is 36.4 Å². The van der Waals surface area contributed by atoms with Crippen molar-refractivity contribution in [1.29, 1.82) is 0 Å². The van der Waals surface area contributed by atoms with E-state index in [2.05, 4.69) is 20.0 Å². The van der Waals surface area contributed by atoms with Crippen molar-refractivity contribution >= 4 is 42.2 Å². The van der Waals surface area contributed by atoms with Crippen molar-refractivity contribution in [3.8, 4) is 0 Å². The molecule has 2 fully saturated rings. The van der Waals surface area contributed by atoms with Gasteiger partial charge in [0.15, 0.2) is 17.0 Å². The van der Waals surface area contributed by atoms with Gasteiger partial charge in [0.1, 0.15) is 24.8 Å². The van der Waals surface area contributed by atoms with Gasteiger partial charge in [0, 0.05) is 23.2 Å². The van der Waals surface area contributed by atoms with E-state index in [-0.39, 0.29) is 17.9 Å². The quantitative estimate of drug-likeness (QED) is 0.205. The predicted molar refractivity (Wildman–Crippen MR) is 156 cm³/mol. The molecular weight excluding hydrogens is 571 g/mol. The second-order valence-electron chi connectivity index (χ2n) is 9.98. The van der Waals surface area contributed by atoms with Gasteiger partial charge in [-0.15, -0.1) is 0 Å². The highest BCUT2D eigenvalue weighted by molar-refractivity contribution is 7.55. The Balaban J connectivity index is 1.19. The molecule has 1 N–H and O–H groups in total. The maximum absolute atomic E-state index is 13.8. The van der Waals surface area contributed by atoms with Crippen molar-refractivity contribution in [1.82, 2.24) is 19.5 Å². The molecule has 13 heteroatoms. The van der Waals surface area contributed by atoms with Crippen molar-refractivity contribution in [3.63, 3.8) is 0 Å². The zero-order chi connectivity index (χ0) is 29.4. The van der Waals surface area contributed by atoms with Crippen LogP contribution in [0.5, 0.6) is 0 Å². The summed E-state index contributed by atoms with van der Waals surface area (Å²) in [6.07, 6.45) is 1.56. The van der Waals surface area contributed by atoms with Crippen LogP contribution in [0, 0.1) is 0 Å². The minimum absolute atomic E-state index is 0.0398. The van der Waals surface area contributed by atoms with Crippen molar-refractivity contribution in [2.45, 2.75) is 24.9 Å². The number of hydrogen-bond acceptors (Lipinski definition) is 9. The minimum atomic E-state index is -3.62. The van der Waals surface area contributed by atoms with Crippen LogP contribution in [0.1, 0.15) is 33.4 Å².